The predicted octanol–water partition coefficient (Wildman–Crippen LogP) is 0.801. The van der Waals surface area contributed by atoms with Crippen LogP contribution in [0.25, 0.3) is 0 Å². The van der Waals surface area contributed by atoms with Gasteiger partial charge in [-0.15, -0.1) is 0 Å². The van der Waals surface area contributed by atoms with E-state index in [0.717, 1.165) is 0 Å². The fourth-order valence-corrected chi connectivity index (χ4v) is 0.150. The number of hydrogen-bond acceptors (Lipinski definition) is 2. The van der Waals surface area contributed by atoms with Gasteiger partial charge in [0, 0.05) is 7.05 Å². The van der Waals surface area contributed by atoms with Crippen molar-refractivity contribution < 1.29 is 0 Å². The molecule has 0 fully saturated rings. The average molecular weight is 169 g/mol. The molecule has 0 aromatic carbocycles. The summed E-state index contributed by atoms with van der Waals surface area (Å²) in [5.41, 5.74) is 0. The largest absolute Gasteiger partial charge is 0.367 e. The maximum absolute atomic E-state index is 3.57. The van der Waals surface area contributed by atoms with E-state index in [4.69, 9.17) is 0 Å². The monoisotopic (exact) mass is 168 g/mol. The van der Waals surface area contributed by atoms with Gasteiger partial charge in [-0.3, -0.25) is 0 Å². The lowest BCUT2D eigenvalue weighted by Crippen LogP contribution is -2.08. The van der Waals surface area contributed by atoms with Crippen LogP contribution < -0.4 is 5.32 Å². The van der Waals surface area contributed by atoms with E-state index in [1.165, 1.54) is 0 Å². The summed E-state index contributed by atoms with van der Waals surface area (Å²) in [6.07, 6.45) is 0. The molecule has 0 spiro atoms. The summed E-state index contributed by atoms with van der Waals surface area (Å²) in [7, 11) is 1.75. The SMILES string of the molecule is CN/C(Br)=N\S. The molecule has 36 valence electrons. The number of hydrogen-bond donors (Lipinski definition) is 2. The first-order valence-electron chi connectivity index (χ1n) is 1.36. The van der Waals surface area contributed by atoms with Gasteiger partial charge < -0.3 is 5.32 Å². The Kier molecular flexibility index (Phi) is 3.66. The summed E-state index contributed by atoms with van der Waals surface area (Å²) in [5, 5.41) is 2.70. The lowest BCUT2D eigenvalue weighted by molar-refractivity contribution is 1.21. The van der Waals surface area contributed by atoms with Crippen molar-refractivity contribution >= 4 is 33.5 Å². The second-order valence-electron chi connectivity index (χ2n) is 0.641. The van der Waals surface area contributed by atoms with Crippen LogP contribution in [0.4, 0.5) is 0 Å². The molecule has 0 atom stereocenters. The summed E-state index contributed by atoms with van der Waals surface area (Å²) in [4.78, 5) is 0. The lowest BCUT2D eigenvalue weighted by atomic mass is 11.2. The average Bonchev–Trinajstić information content (AvgIpc) is 1.65. The Morgan fingerprint density at radius 2 is 2.50 bits per heavy atom. The first-order chi connectivity index (χ1) is 2.81. The Morgan fingerprint density at radius 3 is 2.50 bits per heavy atom. The molecule has 2 nitrogen and oxygen atoms in total. The predicted molar refractivity (Wildman–Crippen MR) is 34.4 cm³/mol. The molecular formula is C2H5BrN2S. The molecule has 0 saturated carbocycles. The molecule has 0 aromatic heterocycles. The van der Waals surface area contributed by atoms with E-state index >= 15 is 0 Å². The van der Waals surface area contributed by atoms with E-state index in [0.29, 0.717) is 4.74 Å². The van der Waals surface area contributed by atoms with Gasteiger partial charge in [-0.25, -0.2) is 0 Å². The van der Waals surface area contributed by atoms with Gasteiger partial charge in [0.25, 0.3) is 0 Å². The van der Waals surface area contributed by atoms with Crippen molar-refractivity contribution in [3.05, 3.63) is 0 Å². The van der Waals surface area contributed by atoms with Crippen LogP contribution in [-0.4, -0.2) is 11.8 Å². The van der Waals surface area contributed by atoms with Crippen LogP contribution in [0.3, 0.4) is 0 Å². The Hall–Kier alpha value is 0.300. The maximum Gasteiger partial charge on any atom is 0.177 e. The molecule has 0 aliphatic carbocycles. The summed E-state index contributed by atoms with van der Waals surface area (Å²) in [6, 6.07) is 0. The molecule has 0 rings (SSSR count). The van der Waals surface area contributed by atoms with Crippen LogP contribution in [0.15, 0.2) is 4.40 Å². The third-order valence-electron chi connectivity index (χ3n) is 0.294. The van der Waals surface area contributed by atoms with Crippen LogP contribution in [0.2, 0.25) is 0 Å². The minimum Gasteiger partial charge on any atom is -0.367 e. The molecule has 0 bridgehead atoms. The van der Waals surface area contributed by atoms with Crippen molar-refractivity contribution in [1.82, 2.24) is 5.32 Å². The van der Waals surface area contributed by atoms with E-state index in [1.807, 2.05) is 0 Å². The van der Waals surface area contributed by atoms with Gasteiger partial charge in [-0.2, -0.15) is 4.40 Å². The Labute approximate surface area is 50.7 Å². The van der Waals surface area contributed by atoms with Gasteiger partial charge in [-0.1, -0.05) is 0 Å². The third kappa shape index (κ3) is 2.53. The summed E-state index contributed by atoms with van der Waals surface area (Å²) >= 11 is 6.61. The number of amidine groups is 1. The fourth-order valence-electron chi connectivity index (χ4n) is 0.0500. The smallest absolute Gasteiger partial charge is 0.177 e. The van der Waals surface area contributed by atoms with Crippen LogP contribution in [-0.2, 0) is 0 Å². The zero-order valence-corrected chi connectivity index (χ0v) is 5.75. The molecule has 0 unspecified atom stereocenters. The first-order valence-corrected chi connectivity index (χ1v) is 2.56. The summed E-state index contributed by atoms with van der Waals surface area (Å²) < 4.78 is 4.07. The van der Waals surface area contributed by atoms with Gasteiger partial charge in [0.1, 0.15) is 0 Å². The number of nitrogens with zero attached hydrogens (tertiary/aromatic N) is 1. The van der Waals surface area contributed by atoms with Crippen molar-refractivity contribution in [3.63, 3.8) is 0 Å². The molecular weight excluding hydrogens is 164 g/mol. The van der Waals surface area contributed by atoms with Crippen molar-refractivity contribution in [3.8, 4) is 0 Å². The zero-order valence-electron chi connectivity index (χ0n) is 3.27. The van der Waals surface area contributed by atoms with E-state index in [2.05, 4.69) is 38.5 Å². The molecule has 0 saturated heterocycles. The minimum absolute atomic E-state index is 0.644. The van der Waals surface area contributed by atoms with Crippen molar-refractivity contribution in [1.29, 1.82) is 0 Å². The molecule has 0 aromatic rings. The van der Waals surface area contributed by atoms with Crippen LogP contribution in [0, 0.1) is 0 Å². The lowest BCUT2D eigenvalue weighted by Gasteiger charge is -1.86. The van der Waals surface area contributed by atoms with Crippen LogP contribution >= 0.6 is 28.7 Å². The maximum atomic E-state index is 3.57. The fraction of sp³-hybridized carbons (Fsp3) is 0.500. The topological polar surface area (TPSA) is 24.4 Å². The molecule has 0 heterocycles. The minimum atomic E-state index is 0.644. The highest BCUT2D eigenvalue weighted by atomic mass is 79.9. The van der Waals surface area contributed by atoms with Crippen molar-refractivity contribution in [2.45, 2.75) is 0 Å². The standard InChI is InChI=1S/C2H5BrN2S/c1-4-2(3)5-6/h6H,1H3,(H,4,5). The summed E-state index contributed by atoms with van der Waals surface area (Å²) in [6.45, 7) is 0. The second-order valence-corrected chi connectivity index (χ2v) is 1.59. The normalized spacial score (nSPS) is 11.5. The first kappa shape index (κ1) is 6.30. The second kappa shape index (κ2) is 3.49. The van der Waals surface area contributed by atoms with Gasteiger partial charge in [-0.05, 0) is 28.7 Å². The Morgan fingerprint density at radius 1 is 2.00 bits per heavy atom. The van der Waals surface area contributed by atoms with Crippen molar-refractivity contribution in [2.75, 3.05) is 7.05 Å². The number of nitrogens with one attached hydrogen (secondary N) is 1. The number of rotatable bonds is 0. The van der Waals surface area contributed by atoms with Crippen molar-refractivity contribution in [2.24, 2.45) is 4.40 Å². The molecule has 0 amide bonds. The third-order valence-corrected chi connectivity index (χ3v) is 1.34. The Balaban J connectivity index is 3.22. The molecule has 0 aliphatic rings. The number of thiol groups is 1. The molecule has 6 heavy (non-hydrogen) atoms. The molecule has 4 heteroatoms. The summed E-state index contributed by atoms with van der Waals surface area (Å²) in [5.74, 6) is 0. The van der Waals surface area contributed by atoms with Crippen LogP contribution in [0.1, 0.15) is 0 Å². The van der Waals surface area contributed by atoms with Gasteiger partial charge in [0.05, 0.1) is 0 Å². The highest BCUT2D eigenvalue weighted by molar-refractivity contribution is 9.18. The van der Waals surface area contributed by atoms with Gasteiger partial charge >= 0.3 is 0 Å². The molecule has 0 radical (unpaired) electrons. The van der Waals surface area contributed by atoms with Gasteiger partial charge in [0.2, 0.25) is 0 Å². The Bertz CT molecular complexity index is 62.6. The highest BCUT2D eigenvalue weighted by Gasteiger charge is 1.75. The van der Waals surface area contributed by atoms with Crippen LogP contribution in [0.5, 0.6) is 0 Å². The molecule has 0 aliphatic heterocycles. The molecule has 1 N–H and O–H groups in total. The van der Waals surface area contributed by atoms with E-state index < -0.39 is 0 Å². The highest BCUT2D eigenvalue weighted by Crippen LogP contribution is 1.84. The van der Waals surface area contributed by atoms with Gasteiger partial charge in [0.15, 0.2) is 4.74 Å². The van der Waals surface area contributed by atoms with E-state index in [1.54, 1.807) is 7.05 Å². The van der Waals surface area contributed by atoms with E-state index in [-0.39, 0.29) is 0 Å². The van der Waals surface area contributed by atoms with E-state index in [9.17, 15) is 0 Å². The zero-order chi connectivity index (χ0) is 4.99. The number of halogens is 1. The quantitative estimate of drug-likeness (QED) is 0.238.